The van der Waals surface area contributed by atoms with Crippen molar-refractivity contribution in [2.75, 3.05) is 6.61 Å². The smallest absolute Gasteiger partial charge is 0.315 e. The highest BCUT2D eigenvalue weighted by Crippen LogP contribution is 2.48. The van der Waals surface area contributed by atoms with E-state index in [1.54, 1.807) is 0 Å². The number of hydrogen-bond acceptors (Lipinski definition) is 3. The summed E-state index contributed by atoms with van der Waals surface area (Å²) >= 11 is 0. The monoisotopic (exact) mass is 280 g/mol. The van der Waals surface area contributed by atoms with Crippen molar-refractivity contribution in [3.63, 3.8) is 0 Å². The average Bonchev–Trinajstić information content (AvgIpc) is 3.18. The van der Waals surface area contributed by atoms with Gasteiger partial charge in [0.25, 0.3) is 0 Å². The first-order valence-electron chi connectivity index (χ1n) is 8.08. The number of hydrogen-bond donors (Lipinski definition) is 3. The van der Waals surface area contributed by atoms with Gasteiger partial charge in [0.15, 0.2) is 0 Å². The predicted molar refractivity (Wildman–Crippen MR) is 73.2 cm³/mol. The van der Waals surface area contributed by atoms with E-state index < -0.39 is 0 Å². The summed E-state index contributed by atoms with van der Waals surface area (Å²) in [5.41, 5.74) is 0. The molecule has 112 valence electrons. The summed E-state index contributed by atoms with van der Waals surface area (Å²) in [6.07, 6.45) is 7.34. The van der Waals surface area contributed by atoms with Crippen LogP contribution in [0.4, 0.5) is 4.79 Å². The van der Waals surface area contributed by atoms with Gasteiger partial charge in [-0.25, -0.2) is 4.79 Å². The molecular weight excluding hydrogens is 256 g/mol. The summed E-state index contributed by atoms with van der Waals surface area (Å²) in [5, 5.41) is 15.8. The molecule has 2 amide bonds. The first-order chi connectivity index (χ1) is 9.74. The highest BCUT2D eigenvalue weighted by molar-refractivity contribution is 5.75. The van der Waals surface area contributed by atoms with Crippen LogP contribution in [0.5, 0.6) is 0 Å². The van der Waals surface area contributed by atoms with Crippen LogP contribution < -0.4 is 10.6 Å². The molecule has 5 heteroatoms. The van der Waals surface area contributed by atoms with Gasteiger partial charge in [-0.3, -0.25) is 0 Å². The normalized spacial score (nSPS) is 48.8. The number of fused-ring (bicyclic) bond motifs is 4. The van der Waals surface area contributed by atoms with Crippen LogP contribution in [0.2, 0.25) is 0 Å². The highest BCUT2D eigenvalue weighted by atomic mass is 16.5. The van der Waals surface area contributed by atoms with E-state index in [9.17, 15) is 9.90 Å². The number of carbonyl (C=O) groups excluding carboxylic acids is 1. The Kier molecular flexibility index (Phi) is 3.15. The molecule has 0 aromatic carbocycles. The maximum Gasteiger partial charge on any atom is 0.315 e. The fraction of sp³-hybridized carbons (Fsp3) is 0.933. The molecule has 4 bridgehead atoms. The van der Waals surface area contributed by atoms with Crippen LogP contribution in [0.15, 0.2) is 0 Å². The Balaban J connectivity index is 1.33. The first kappa shape index (κ1) is 12.9. The van der Waals surface area contributed by atoms with Gasteiger partial charge in [0.2, 0.25) is 0 Å². The number of rotatable bonds is 3. The van der Waals surface area contributed by atoms with Gasteiger partial charge < -0.3 is 20.5 Å². The van der Waals surface area contributed by atoms with Gasteiger partial charge in [0.05, 0.1) is 18.2 Å². The van der Waals surface area contributed by atoms with Gasteiger partial charge >= 0.3 is 6.03 Å². The zero-order chi connectivity index (χ0) is 13.7. The first-order valence-corrected chi connectivity index (χ1v) is 8.08. The van der Waals surface area contributed by atoms with Gasteiger partial charge in [0.1, 0.15) is 0 Å². The van der Waals surface area contributed by atoms with Crippen LogP contribution in [0.25, 0.3) is 0 Å². The van der Waals surface area contributed by atoms with E-state index in [-0.39, 0.29) is 36.7 Å². The number of nitrogens with one attached hydrogen (secondary N) is 2. The summed E-state index contributed by atoms with van der Waals surface area (Å²) in [4.78, 5) is 12.2. The second kappa shape index (κ2) is 4.88. The molecule has 4 fully saturated rings. The number of aliphatic hydroxyl groups excluding tert-OH is 1. The molecule has 4 aliphatic rings. The van der Waals surface area contributed by atoms with E-state index in [0.717, 1.165) is 19.3 Å². The Labute approximate surface area is 119 Å². The van der Waals surface area contributed by atoms with Gasteiger partial charge in [0, 0.05) is 18.6 Å². The van der Waals surface area contributed by atoms with Crippen molar-refractivity contribution < 1.29 is 14.6 Å². The average molecular weight is 280 g/mol. The minimum absolute atomic E-state index is 0.0675. The molecule has 20 heavy (non-hydrogen) atoms. The summed E-state index contributed by atoms with van der Waals surface area (Å²) in [6, 6.07) is 0.278. The molecule has 4 rings (SSSR count). The quantitative estimate of drug-likeness (QED) is 0.722. The van der Waals surface area contributed by atoms with E-state index in [1.807, 2.05) is 0 Å². The Morgan fingerprint density at radius 2 is 1.95 bits per heavy atom. The van der Waals surface area contributed by atoms with E-state index in [4.69, 9.17) is 4.74 Å². The van der Waals surface area contributed by atoms with Gasteiger partial charge in [-0.05, 0) is 50.4 Å². The van der Waals surface area contributed by atoms with Crippen molar-refractivity contribution in [2.24, 2.45) is 17.8 Å². The standard InChI is InChI=1S/C15H24N2O3/c18-7-11-8-1-2-9(5-8)14(11)17-15(19)16-12-6-10-3-4-13(12)20-10/h8-14,18H,1-7H2,(H2,16,17,19). The fourth-order valence-corrected chi connectivity index (χ4v) is 5.05. The molecule has 0 aromatic heterocycles. The maximum absolute atomic E-state index is 12.2. The van der Waals surface area contributed by atoms with E-state index >= 15 is 0 Å². The van der Waals surface area contributed by atoms with E-state index in [1.165, 1.54) is 19.3 Å². The molecule has 0 radical (unpaired) electrons. The maximum atomic E-state index is 12.2. The third-order valence-electron chi connectivity index (χ3n) is 6.02. The Morgan fingerprint density at radius 1 is 1.10 bits per heavy atom. The lowest BCUT2D eigenvalue weighted by Crippen LogP contribution is -2.53. The lowest BCUT2D eigenvalue weighted by Gasteiger charge is -2.31. The van der Waals surface area contributed by atoms with Crippen LogP contribution in [0, 0.1) is 17.8 Å². The number of carbonyl (C=O) groups is 1. The third kappa shape index (κ3) is 2.02. The topological polar surface area (TPSA) is 70.6 Å². The van der Waals surface area contributed by atoms with E-state index in [2.05, 4.69) is 10.6 Å². The Hall–Kier alpha value is -0.810. The van der Waals surface area contributed by atoms with Crippen molar-refractivity contribution in [1.29, 1.82) is 0 Å². The second-order valence-corrected chi connectivity index (χ2v) is 7.04. The largest absolute Gasteiger partial charge is 0.396 e. The molecule has 2 aliphatic heterocycles. The summed E-state index contributed by atoms with van der Waals surface area (Å²) in [6.45, 7) is 0.198. The molecular formula is C15H24N2O3. The van der Waals surface area contributed by atoms with Crippen molar-refractivity contribution in [2.45, 2.75) is 62.8 Å². The van der Waals surface area contributed by atoms with Crippen LogP contribution in [0.3, 0.4) is 0 Å². The predicted octanol–water partition coefficient (Wildman–Crippen LogP) is 1.01. The molecule has 0 spiro atoms. The molecule has 2 heterocycles. The summed E-state index contributed by atoms with van der Waals surface area (Å²) < 4.78 is 5.76. The third-order valence-corrected chi connectivity index (χ3v) is 6.02. The Bertz CT molecular complexity index is 403. The van der Waals surface area contributed by atoms with Crippen LogP contribution >= 0.6 is 0 Å². The number of amides is 2. The second-order valence-electron chi connectivity index (χ2n) is 7.04. The molecule has 7 unspecified atom stereocenters. The summed E-state index contributed by atoms with van der Waals surface area (Å²) in [5.74, 6) is 1.44. The molecule has 2 aliphatic carbocycles. The van der Waals surface area contributed by atoms with Crippen molar-refractivity contribution >= 4 is 6.03 Å². The molecule has 2 saturated heterocycles. The minimum atomic E-state index is -0.0675. The number of aliphatic hydroxyl groups is 1. The zero-order valence-corrected chi connectivity index (χ0v) is 11.8. The SMILES string of the molecule is O=C(NC1CC2CCC1O2)NC1C2CCC(C2)C1CO. The van der Waals surface area contributed by atoms with Crippen molar-refractivity contribution in [3.05, 3.63) is 0 Å². The molecule has 5 nitrogen and oxygen atoms in total. The van der Waals surface area contributed by atoms with Crippen molar-refractivity contribution in [1.82, 2.24) is 10.6 Å². The molecule has 0 aromatic rings. The lowest BCUT2D eigenvalue weighted by atomic mass is 9.85. The van der Waals surface area contributed by atoms with Gasteiger partial charge in [-0.15, -0.1) is 0 Å². The van der Waals surface area contributed by atoms with Crippen LogP contribution in [-0.4, -0.2) is 42.0 Å². The lowest BCUT2D eigenvalue weighted by molar-refractivity contribution is 0.0975. The van der Waals surface area contributed by atoms with Crippen molar-refractivity contribution in [3.8, 4) is 0 Å². The molecule has 7 atom stereocenters. The van der Waals surface area contributed by atoms with Crippen LogP contribution in [-0.2, 0) is 4.74 Å². The fourth-order valence-electron chi connectivity index (χ4n) is 5.05. The Morgan fingerprint density at radius 3 is 2.65 bits per heavy atom. The van der Waals surface area contributed by atoms with Crippen LogP contribution in [0.1, 0.15) is 38.5 Å². The molecule has 2 saturated carbocycles. The number of urea groups is 1. The van der Waals surface area contributed by atoms with E-state index in [0.29, 0.717) is 17.9 Å². The zero-order valence-electron chi connectivity index (χ0n) is 11.8. The number of ether oxygens (including phenoxy) is 1. The van der Waals surface area contributed by atoms with Gasteiger partial charge in [-0.1, -0.05) is 0 Å². The molecule has 3 N–H and O–H groups in total. The highest BCUT2D eigenvalue weighted by Gasteiger charge is 2.48. The minimum Gasteiger partial charge on any atom is -0.396 e. The van der Waals surface area contributed by atoms with Gasteiger partial charge in [-0.2, -0.15) is 0 Å². The summed E-state index contributed by atoms with van der Waals surface area (Å²) in [7, 11) is 0.